The number of likely N-dealkylation sites (N-methyl/N-ethyl adjacent to an activating group) is 1. The first kappa shape index (κ1) is 31.0. The van der Waals surface area contributed by atoms with Crippen molar-refractivity contribution in [2.75, 3.05) is 26.7 Å². The molecule has 0 aliphatic carbocycles. The molecular weight excluding hydrogens is 580 g/mol. The van der Waals surface area contributed by atoms with Crippen molar-refractivity contribution in [3.8, 4) is 0 Å². The fourth-order valence-corrected chi connectivity index (χ4v) is 9.22. The Morgan fingerprint density at radius 1 is 0.978 bits per heavy atom. The van der Waals surface area contributed by atoms with Crippen LogP contribution in [-0.2, 0) is 10.2 Å². The summed E-state index contributed by atoms with van der Waals surface area (Å²) in [5.41, 5.74) is 4.04. The Bertz CT molecular complexity index is 1710. The molecule has 7 rings (SSSR count). The fraction of sp³-hybridized carbons (Fsp3) is 0.474. The molecule has 1 amide bonds. The number of nitrogens with one attached hydrogen (secondary N) is 1. The maximum absolute atomic E-state index is 14.7. The average Bonchev–Trinajstić information content (AvgIpc) is 3.49. The van der Waals surface area contributed by atoms with E-state index in [0.29, 0.717) is 25.2 Å². The molecular formula is C38H45F2N5O. The molecule has 0 saturated carbocycles. The van der Waals surface area contributed by atoms with Gasteiger partial charge in [0, 0.05) is 37.8 Å². The van der Waals surface area contributed by atoms with E-state index in [1.54, 1.807) is 25.2 Å². The van der Waals surface area contributed by atoms with Crippen LogP contribution >= 0.6 is 0 Å². The van der Waals surface area contributed by atoms with Crippen molar-refractivity contribution in [2.45, 2.75) is 87.9 Å². The minimum absolute atomic E-state index is 0.0989. The molecule has 1 aromatic heterocycles. The van der Waals surface area contributed by atoms with Gasteiger partial charge in [-0.05, 0) is 118 Å². The second kappa shape index (κ2) is 12.2. The van der Waals surface area contributed by atoms with Crippen molar-refractivity contribution < 1.29 is 13.6 Å². The van der Waals surface area contributed by atoms with Gasteiger partial charge < -0.3 is 9.88 Å². The summed E-state index contributed by atoms with van der Waals surface area (Å²) in [6.45, 7) is 6.94. The van der Waals surface area contributed by atoms with Gasteiger partial charge in [-0.2, -0.15) is 0 Å². The molecule has 4 aromatic rings. The third-order valence-corrected chi connectivity index (χ3v) is 11.6. The Labute approximate surface area is 270 Å². The maximum Gasteiger partial charge on any atom is 0.241 e. The van der Waals surface area contributed by atoms with Gasteiger partial charge in [-0.3, -0.25) is 14.6 Å². The van der Waals surface area contributed by atoms with Crippen molar-refractivity contribution in [2.24, 2.45) is 0 Å². The van der Waals surface area contributed by atoms with Gasteiger partial charge in [-0.25, -0.2) is 13.8 Å². The standard InChI is InChI=1S/C38H45F2N5O/c1-26-42-33-9-4-5-10-34(33)45(26)32-24-31-15-16-37(2,25-32)44(31)22-19-38(28-7-6-8-30(40)23-28)17-20-43(21-18-38)35(36(46)41-3)27-11-13-29(39)14-12-27/h4-14,23,31-32,35H,15-22,24-25H2,1-3H3,(H,41,46)/t31?,32?,35?,37-/m0/s1. The van der Waals surface area contributed by atoms with Crippen LogP contribution < -0.4 is 5.32 Å². The number of likely N-dealkylation sites (tertiary alicyclic amines) is 1. The van der Waals surface area contributed by atoms with Crippen LogP contribution in [-0.4, -0.2) is 63.5 Å². The number of hydrogen-bond acceptors (Lipinski definition) is 4. The quantitative estimate of drug-likeness (QED) is 0.227. The first-order valence-electron chi connectivity index (χ1n) is 16.9. The van der Waals surface area contributed by atoms with Crippen molar-refractivity contribution in [3.63, 3.8) is 0 Å². The molecule has 6 nitrogen and oxygen atoms in total. The molecule has 8 heteroatoms. The van der Waals surface area contributed by atoms with Crippen LogP contribution in [0.3, 0.4) is 0 Å². The molecule has 2 bridgehead atoms. The predicted molar refractivity (Wildman–Crippen MR) is 178 cm³/mol. The van der Waals surface area contributed by atoms with Crippen molar-refractivity contribution >= 4 is 16.9 Å². The lowest BCUT2D eigenvalue weighted by molar-refractivity contribution is -0.127. The number of aromatic nitrogens is 2. The molecule has 242 valence electrons. The van der Waals surface area contributed by atoms with E-state index in [1.807, 2.05) is 6.07 Å². The highest BCUT2D eigenvalue weighted by Gasteiger charge is 2.50. The van der Waals surface area contributed by atoms with Crippen molar-refractivity contribution in [1.29, 1.82) is 0 Å². The zero-order valence-electron chi connectivity index (χ0n) is 27.2. The number of rotatable bonds is 8. The summed E-state index contributed by atoms with van der Waals surface area (Å²) in [5.74, 6) is 0.473. The third-order valence-electron chi connectivity index (χ3n) is 11.6. The highest BCUT2D eigenvalue weighted by Crippen LogP contribution is 2.50. The lowest BCUT2D eigenvalue weighted by Gasteiger charge is -2.49. The van der Waals surface area contributed by atoms with E-state index in [2.05, 4.69) is 63.9 Å². The number of imidazole rings is 1. The minimum Gasteiger partial charge on any atom is -0.358 e. The van der Waals surface area contributed by atoms with Crippen LogP contribution in [0.25, 0.3) is 11.0 Å². The van der Waals surface area contributed by atoms with E-state index < -0.39 is 6.04 Å². The second-order valence-corrected chi connectivity index (χ2v) is 14.1. The van der Waals surface area contributed by atoms with Crippen LogP contribution in [0.4, 0.5) is 8.78 Å². The summed E-state index contributed by atoms with van der Waals surface area (Å²) in [4.78, 5) is 23.0. The number of piperidine rings is 2. The SMILES string of the molecule is CNC(=O)C(c1ccc(F)cc1)N1CCC(CCN2C3CC[C@@]2(C)CC(n2c(C)nc4ccccc42)C3)(c2cccc(F)c2)CC1. The topological polar surface area (TPSA) is 53.4 Å². The van der Waals surface area contributed by atoms with E-state index in [-0.39, 0.29) is 28.5 Å². The van der Waals surface area contributed by atoms with Crippen LogP contribution in [0.5, 0.6) is 0 Å². The first-order valence-corrected chi connectivity index (χ1v) is 16.9. The van der Waals surface area contributed by atoms with Gasteiger partial charge in [0.1, 0.15) is 23.5 Å². The number of hydrogen-bond donors (Lipinski definition) is 1. The van der Waals surface area contributed by atoms with Gasteiger partial charge in [0.05, 0.1) is 11.0 Å². The van der Waals surface area contributed by atoms with Crippen LogP contribution in [0.2, 0.25) is 0 Å². The summed E-state index contributed by atoms with van der Waals surface area (Å²) in [5, 5.41) is 2.81. The highest BCUT2D eigenvalue weighted by atomic mass is 19.1. The van der Waals surface area contributed by atoms with Gasteiger partial charge in [-0.15, -0.1) is 0 Å². The Balaban J connectivity index is 1.12. The Hall–Kier alpha value is -3.62. The van der Waals surface area contributed by atoms with Crippen LogP contribution in [0, 0.1) is 18.6 Å². The highest BCUT2D eigenvalue weighted by molar-refractivity contribution is 5.83. The van der Waals surface area contributed by atoms with Gasteiger partial charge in [-0.1, -0.05) is 36.4 Å². The van der Waals surface area contributed by atoms with E-state index in [9.17, 15) is 13.6 Å². The summed E-state index contributed by atoms with van der Waals surface area (Å²) < 4.78 is 30.9. The zero-order valence-corrected chi connectivity index (χ0v) is 27.2. The molecule has 46 heavy (non-hydrogen) atoms. The average molecular weight is 626 g/mol. The molecule has 3 aliphatic rings. The minimum atomic E-state index is -0.493. The molecule has 3 aromatic carbocycles. The van der Waals surface area contributed by atoms with E-state index in [0.717, 1.165) is 61.1 Å². The molecule has 4 atom stereocenters. The fourth-order valence-electron chi connectivity index (χ4n) is 9.22. The molecule has 1 N–H and O–H groups in total. The molecule has 3 saturated heterocycles. The Kier molecular flexibility index (Phi) is 8.22. The number of nitrogens with zero attached hydrogens (tertiary/aromatic N) is 4. The smallest absolute Gasteiger partial charge is 0.241 e. The zero-order chi connectivity index (χ0) is 32.1. The molecule has 0 spiro atoms. The number of fused-ring (bicyclic) bond motifs is 3. The first-order chi connectivity index (χ1) is 22.2. The summed E-state index contributed by atoms with van der Waals surface area (Å²) in [6.07, 6.45) is 7.18. The Morgan fingerprint density at radius 3 is 2.46 bits per heavy atom. The van der Waals surface area contributed by atoms with Crippen molar-refractivity contribution in [3.05, 3.63) is 101 Å². The number of carbonyl (C=O) groups is 1. The Morgan fingerprint density at radius 2 is 1.74 bits per heavy atom. The van der Waals surface area contributed by atoms with E-state index in [1.165, 1.54) is 36.6 Å². The maximum atomic E-state index is 14.7. The van der Waals surface area contributed by atoms with Gasteiger partial charge in [0.2, 0.25) is 5.91 Å². The molecule has 3 fully saturated rings. The number of benzene rings is 3. The lowest BCUT2D eigenvalue weighted by atomic mass is 9.69. The third kappa shape index (κ3) is 5.53. The van der Waals surface area contributed by atoms with Gasteiger partial charge >= 0.3 is 0 Å². The van der Waals surface area contributed by atoms with Gasteiger partial charge in [0.15, 0.2) is 0 Å². The number of amides is 1. The van der Waals surface area contributed by atoms with Gasteiger partial charge in [0.25, 0.3) is 0 Å². The molecule has 3 unspecified atom stereocenters. The number of para-hydroxylation sites is 2. The molecule has 0 radical (unpaired) electrons. The summed E-state index contributed by atoms with van der Waals surface area (Å²) >= 11 is 0. The summed E-state index contributed by atoms with van der Waals surface area (Å²) in [6, 6.07) is 22.3. The normalized spacial score (nSPS) is 25.5. The second-order valence-electron chi connectivity index (χ2n) is 14.1. The predicted octanol–water partition coefficient (Wildman–Crippen LogP) is 7.09. The van der Waals surface area contributed by atoms with E-state index in [4.69, 9.17) is 4.98 Å². The summed E-state index contributed by atoms with van der Waals surface area (Å²) in [7, 11) is 1.65. The number of halogens is 2. The molecule has 4 heterocycles. The van der Waals surface area contributed by atoms with Crippen LogP contribution in [0.1, 0.15) is 80.9 Å². The monoisotopic (exact) mass is 625 g/mol. The van der Waals surface area contributed by atoms with Crippen LogP contribution in [0.15, 0.2) is 72.8 Å². The van der Waals surface area contributed by atoms with Crippen molar-refractivity contribution in [1.82, 2.24) is 24.7 Å². The molecule has 3 aliphatic heterocycles. The van der Waals surface area contributed by atoms with E-state index >= 15 is 0 Å². The number of aryl methyl sites for hydroxylation is 1. The number of carbonyl (C=O) groups excluding carboxylic acids is 1. The largest absolute Gasteiger partial charge is 0.358 e. The lowest BCUT2D eigenvalue weighted by Crippen LogP contribution is -2.53.